The van der Waals surface area contributed by atoms with Crippen molar-refractivity contribution in [1.82, 2.24) is 30.2 Å². The van der Waals surface area contributed by atoms with Crippen molar-refractivity contribution in [2.75, 3.05) is 20.2 Å². The van der Waals surface area contributed by atoms with Gasteiger partial charge < -0.3 is 19.9 Å². The van der Waals surface area contributed by atoms with E-state index < -0.39 is 0 Å². The first-order valence-corrected chi connectivity index (χ1v) is 10.1. The number of ether oxygens (including phenoxy) is 1. The summed E-state index contributed by atoms with van der Waals surface area (Å²) in [6, 6.07) is 1.37. The van der Waals surface area contributed by atoms with Gasteiger partial charge in [0.2, 0.25) is 0 Å². The lowest BCUT2D eigenvalue weighted by molar-refractivity contribution is 0.0945. The molecule has 0 fully saturated rings. The van der Waals surface area contributed by atoms with E-state index >= 15 is 0 Å². The van der Waals surface area contributed by atoms with Gasteiger partial charge in [-0.2, -0.15) is 0 Å². The van der Waals surface area contributed by atoms with E-state index in [1.54, 1.807) is 23.2 Å². The summed E-state index contributed by atoms with van der Waals surface area (Å²) in [6.07, 6.45) is 5.44. The van der Waals surface area contributed by atoms with Gasteiger partial charge in [-0.15, -0.1) is 11.3 Å². The van der Waals surface area contributed by atoms with Crippen LogP contribution in [-0.2, 0) is 19.5 Å². The zero-order valence-electron chi connectivity index (χ0n) is 15.8. The Morgan fingerprint density at radius 2 is 2.28 bits per heavy atom. The van der Waals surface area contributed by atoms with Gasteiger partial charge in [0.15, 0.2) is 0 Å². The second-order valence-electron chi connectivity index (χ2n) is 6.44. The molecule has 0 unspecified atom stereocenters. The van der Waals surface area contributed by atoms with Gasteiger partial charge in [0.05, 0.1) is 25.5 Å². The van der Waals surface area contributed by atoms with Crippen molar-refractivity contribution in [2.45, 2.75) is 19.5 Å². The summed E-state index contributed by atoms with van der Waals surface area (Å²) in [4.78, 5) is 38.2. The summed E-state index contributed by atoms with van der Waals surface area (Å²) < 4.78 is 6.99. The van der Waals surface area contributed by atoms with E-state index in [1.807, 2.05) is 5.38 Å². The SMILES string of the molecule is COc1cc(=O)n2c(c1C(=O)NCc1csc(-c3cnccn3)n1)CCNCC2. The number of aromatic nitrogens is 4. The van der Waals surface area contributed by atoms with E-state index in [-0.39, 0.29) is 18.0 Å². The fraction of sp³-hybridized carbons (Fsp3) is 0.316. The molecule has 2 N–H and O–H groups in total. The van der Waals surface area contributed by atoms with Gasteiger partial charge >= 0.3 is 0 Å². The molecule has 0 atom stereocenters. The number of nitrogens with one attached hydrogen (secondary N) is 2. The summed E-state index contributed by atoms with van der Waals surface area (Å²) in [6.45, 7) is 2.16. The molecule has 150 valence electrons. The molecule has 0 saturated heterocycles. The molecular formula is C19H20N6O3S. The largest absolute Gasteiger partial charge is 0.496 e. The molecule has 0 saturated carbocycles. The van der Waals surface area contributed by atoms with Gasteiger partial charge in [-0.1, -0.05) is 0 Å². The Hall–Kier alpha value is -3.11. The Morgan fingerprint density at radius 3 is 3.07 bits per heavy atom. The van der Waals surface area contributed by atoms with E-state index in [0.717, 1.165) is 10.7 Å². The number of thiazole rings is 1. The fourth-order valence-corrected chi connectivity index (χ4v) is 4.06. The van der Waals surface area contributed by atoms with E-state index in [1.165, 1.54) is 24.5 Å². The number of fused-ring (bicyclic) bond motifs is 1. The number of carbonyl (C=O) groups is 1. The standard InChI is InChI=1S/C19H20N6O3S/c1-28-15-8-16(26)25-7-6-20-3-2-14(25)17(15)18(27)23-9-12-11-29-19(24-12)13-10-21-4-5-22-13/h4-5,8,10-11,20H,2-3,6-7,9H2,1H3,(H,23,27). The summed E-state index contributed by atoms with van der Waals surface area (Å²) in [7, 11) is 1.46. The molecule has 10 heteroatoms. The predicted octanol–water partition coefficient (Wildman–Crippen LogP) is 0.846. The highest BCUT2D eigenvalue weighted by atomic mass is 32.1. The van der Waals surface area contributed by atoms with Crippen molar-refractivity contribution < 1.29 is 9.53 Å². The molecule has 1 aliphatic heterocycles. The van der Waals surface area contributed by atoms with Crippen LogP contribution >= 0.6 is 11.3 Å². The highest BCUT2D eigenvalue weighted by molar-refractivity contribution is 7.13. The molecule has 1 aliphatic rings. The molecule has 9 nitrogen and oxygen atoms in total. The fourth-order valence-electron chi connectivity index (χ4n) is 3.28. The Morgan fingerprint density at radius 1 is 1.38 bits per heavy atom. The van der Waals surface area contributed by atoms with Crippen LogP contribution in [0.5, 0.6) is 5.75 Å². The molecule has 0 spiro atoms. The third kappa shape index (κ3) is 4.03. The van der Waals surface area contributed by atoms with E-state index in [2.05, 4.69) is 25.6 Å². The Balaban J connectivity index is 1.56. The lowest BCUT2D eigenvalue weighted by Crippen LogP contribution is -2.31. The van der Waals surface area contributed by atoms with Crippen LogP contribution in [0.4, 0.5) is 0 Å². The van der Waals surface area contributed by atoms with Crippen LogP contribution in [0, 0.1) is 0 Å². The van der Waals surface area contributed by atoms with Crippen molar-refractivity contribution in [3.8, 4) is 16.5 Å². The Labute approximate surface area is 170 Å². The summed E-state index contributed by atoms with van der Waals surface area (Å²) in [5.74, 6) is 0.000676. The molecule has 3 aromatic heterocycles. The average molecular weight is 412 g/mol. The first-order chi connectivity index (χ1) is 14.2. The molecule has 0 radical (unpaired) electrons. The van der Waals surface area contributed by atoms with Crippen LogP contribution in [0.25, 0.3) is 10.7 Å². The first-order valence-electron chi connectivity index (χ1n) is 9.18. The maximum atomic E-state index is 13.0. The summed E-state index contributed by atoms with van der Waals surface area (Å²) >= 11 is 1.44. The number of methoxy groups -OCH3 is 1. The van der Waals surface area contributed by atoms with Crippen molar-refractivity contribution in [1.29, 1.82) is 0 Å². The van der Waals surface area contributed by atoms with Crippen LogP contribution in [0.3, 0.4) is 0 Å². The second kappa shape index (κ2) is 8.50. The molecule has 0 bridgehead atoms. The van der Waals surface area contributed by atoms with E-state index in [9.17, 15) is 9.59 Å². The molecular weight excluding hydrogens is 392 g/mol. The maximum absolute atomic E-state index is 13.0. The average Bonchev–Trinajstić information content (AvgIpc) is 3.09. The Kier molecular flexibility index (Phi) is 5.63. The highest BCUT2D eigenvalue weighted by Gasteiger charge is 2.23. The highest BCUT2D eigenvalue weighted by Crippen LogP contribution is 2.23. The molecule has 29 heavy (non-hydrogen) atoms. The van der Waals surface area contributed by atoms with Crippen LogP contribution in [0.15, 0.2) is 34.8 Å². The normalized spacial score (nSPS) is 13.4. The number of pyridine rings is 1. The first kappa shape index (κ1) is 19.2. The lowest BCUT2D eigenvalue weighted by atomic mass is 10.1. The van der Waals surface area contributed by atoms with Gasteiger partial charge in [-0.25, -0.2) is 4.98 Å². The van der Waals surface area contributed by atoms with Crippen LogP contribution < -0.4 is 20.9 Å². The monoisotopic (exact) mass is 412 g/mol. The predicted molar refractivity (Wildman–Crippen MR) is 108 cm³/mol. The molecule has 4 heterocycles. The van der Waals surface area contributed by atoms with Crippen molar-refractivity contribution in [3.63, 3.8) is 0 Å². The van der Waals surface area contributed by atoms with Crippen LogP contribution in [-0.4, -0.2) is 45.6 Å². The Bertz CT molecular complexity index is 1080. The number of rotatable bonds is 5. The van der Waals surface area contributed by atoms with Gasteiger partial charge in [0.1, 0.15) is 22.0 Å². The van der Waals surface area contributed by atoms with Gasteiger partial charge in [0.25, 0.3) is 11.5 Å². The van der Waals surface area contributed by atoms with Gasteiger partial charge in [-0.05, 0) is 0 Å². The van der Waals surface area contributed by atoms with Gasteiger partial charge in [0, 0.05) is 55.6 Å². The van der Waals surface area contributed by atoms with Crippen molar-refractivity contribution in [2.24, 2.45) is 0 Å². The minimum Gasteiger partial charge on any atom is -0.496 e. The zero-order chi connectivity index (χ0) is 20.2. The second-order valence-corrected chi connectivity index (χ2v) is 7.30. The molecule has 1 amide bonds. The van der Waals surface area contributed by atoms with Crippen LogP contribution in [0.1, 0.15) is 21.7 Å². The minimum atomic E-state index is -0.290. The molecule has 0 aliphatic carbocycles. The zero-order valence-corrected chi connectivity index (χ0v) is 16.7. The third-order valence-electron chi connectivity index (χ3n) is 4.64. The number of amides is 1. The third-order valence-corrected chi connectivity index (χ3v) is 5.56. The maximum Gasteiger partial charge on any atom is 0.257 e. The number of carbonyl (C=O) groups excluding carboxylic acids is 1. The summed E-state index contributed by atoms with van der Waals surface area (Å²) in [5.41, 5.74) is 2.35. The summed E-state index contributed by atoms with van der Waals surface area (Å²) in [5, 5.41) is 8.77. The van der Waals surface area contributed by atoms with E-state index in [0.29, 0.717) is 48.8 Å². The van der Waals surface area contributed by atoms with E-state index in [4.69, 9.17) is 4.74 Å². The number of hydrogen-bond donors (Lipinski definition) is 2. The van der Waals surface area contributed by atoms with Gasteiger partial charge in [-0.3, -0.25) is 19.6 Å². The number of nitrogens with zero attached hydrogens (tertiary/aromatic N) is 4. The van der Waals surface area contributed by atoms with Crippen molar-refractivity contribution in [3.05, 3.63) is 57.3 Å². The molecule has 4 rings (SSSR count). The quantitative estimate of drug-likeness (QED) is 0.639. The van der Waals surface area contributed by atoms with Crippen molar-refractivity contribution >= 4 is 17.2 Å². The van der Waals surface area contributed by atoms with Crippen LogP contribution in [0.2, 0.25) is 0 Å². The number of hydrogen-bond acceptors (Lipinski definition) is 8. The molecule has 3 aromatic rings. The lowest BCUT2D eigenvalue weighted by Gasteiger charge is -2.17. The topological polar surface area (TPSA) is 111 Å². The molecule has 0 aromatic carbocycles. The minimum absolute atomic E-state index is 0.162. The smallest absolute Gasteiger partial charge is 0.257 e.